The van der Waals surface area contributed by atoms with Crippen LogP contribution in [0, 0.1) is 11.3 Å². The van der Waals surface area contributed by atoms with Gasteiger partial charge in [0.15, 0.2) is 5.11 Å². The normalized spacial score (nSPS) is 14.5. The van der Waals surface area contributed by atoms with Crippen molar-refractivity contribution in [3.05, 3.63) is 0 Å². The molecule has 0 heterocycles. The number of thiocarbonyl (C=S) groups is 1. The topological polar surface area (TPSA) is 50.4 Å². The van der Waals surface area contributed by atoms with E-state index < -0.39 is 0 Å². The Labute approximate surface area is 85.8 Å². The summed E-state index contributed by atoms with van der Waals surface area (Å²) in [4.78, 5) is 0. The molecule has 0 aliphatic carbocycles. The van der Waals surface area contributed by atoms with E-state index in [1.165, 1.54) is 0 Å². The molecule has 0 aliphatic heterocycles. The van der Waals surface area contributed by atoms with Crippen molar-refractivity contribution in [3.8, 4) is 0 Å². The zero-order chi connectivity index (χ0) is 10.5. The highest BCUT2D eigenvalue weighted by Gasteiger charge is 2.21. The molecule has 0 aromatic rings. The molecule has 0 amide bonds. The van der Waals surface area contributed by atoms with Crippen LogP contribution >= 0.6 is 12.2 Å². The van der Waals surface area contributed by atoms with Crippen LogP contribution in [0.15, 0.2) is 5.10 Å². The zero-order valence-electron chi connectivity index (χ0n) is 8.79. The van der Waals surface area contributed by atoms with Gasteiger partial charge in [-0.3, -0.25) is 5.43 Å². The number of rotatable bonds is 4. The fourth-order valence-electron chi connectivity index (χ4n) is 0.916. The number of nitrogens with zero attached hydrogens (tertiary/aromatic N) is 1. The highest BCUT2D eigenvalue weighted by atomic mass is 32.1. The molecular formula is C9H19N3S. The van der Waals surface area contributed by atoms with Crippen LogP contribution in [0.3, 0.4) is 0 Å². The van der Waals surface area contributed by atoms with E-state index in [0.717, 1.165) is 6.42 Å². The van der Waals surface area contributed by atoms with E-state index in [1.54, 1.807) is 0 Å². The minimum atomic E-state index is 0.0759. The zero-order valence-corrected chi connectivity index (χ0v) is 9.61. The van der Waals surface area contributed by atoms with Crippen molar-refractivity contribution in [3.63, 3.8) is 0 Å². The van der Waals surface area contributed by atoms with E-state index in [0.29, 0.717) is 5.92 Å². The third kappa shape index (κ3) is 4.83. The summed E-state index contributed by atoms with van der Waals surface area (Å²) in [5.41, 5.74) is 7.87. The third-order valence-electron chi connectivity index (χ3n) is 2.45. The first-order valence-corrected chi connectivity index (χ1v) is 4.90. The molecule has 13 heavy (non-hydrogen) atoms. The number of hydrazone groups is 1. The summed E-state index contributed by atoms with van der Waals surface area (Å²) >= 11 is 4.63. The Hall–Kier alpha value is -0.640. The van der Waals surface area contributed by atoms with Crippen molar-refractivity contribution in [1.29, 1.82) is 0 Å². The molecule has 1 atom stereocenters. The van der Waals surface area contributed by atoms with Gasteiger partial charge in [0.25, 0.3) is 0 Å². The Morgan fingerprint density at radius 3 is 2.62 bits per heavy atom. The van der Waals surface area contributed by atoms with Gasteiger partial charge in [0.05, 0.1) is 0 Å². The molecule has 3 N–H and O–H groups in total. The molecule has 0 aliphatic rings. The van der Waals surface area contributed by atoms with Gasteiger partial charge < -0.3 is 5.73 Å². The molecule has 4 heteroatoms. The predicted molar refractivity (Wildman–Crippen MR) is 61.6 cm³/mol. The molecule has 0 fully saturated rings. The summed E-state index contributed by atoms with van der Waals surface area (Å²) in [5.74, 6) is 0.587. The second-order valence-electron chi connectivity index (χ2n) is 3.86. The lowest BCUT2D eigenvalue weighted by molar-refractivity contribution is 0.334. The van der Waals surface area contributed by atoms with Gasteiger partial charge >= 0.3 is 0 Å². The van der Waals surface area contributed by atoms with E-state index in [4.69, 9.17) is 5.73 Å². The van der Waals surface area contributed by atoms with E-state index in [-0.39, 0.29) is 10.5 Å². The molecule has 0 saturated heterocycles. The fraction of sp³-hybridized carbons (Fsp3) is 0.778. The smallest absolute Gasteiger partial charge is 0.184 e. The van der Waals surface area contributed by atoms with Gasteiger partial charge in [0, 0.05) is 11.6 Å². The summed E-state index contributed by atoms with van der Waals surface area (Å²) in [5, 5.41) is 4.18. The molecule has 0 spiro atoms. The fourth-order valence-corrected chi connectivity index (χ4v) is 0.968. The standard InChI is InChI=1S/C9H19N3S/c1-5-7(2)9(3,4)6-11-12-8(10)13/h6-7H,5H2,1-4H3,(H3,10,12,13). The van der Waals surface area contributed by atoms with Crippen molar-refractivity contribution in [2.75, 3.05) is 0 Å². The second kappa shape index (κ2) is 5.17. The molecule has 0 aromatic carbocycles. The van der Waals surface area contributed by atoms with Crippen molar-refractivity contribution in [1.82, 2.24) is 5.43 Å². The van der Waals surface area contributed by atoms with Crippen molar-refractivity contribution in [2.45, 2.75) is 34.1 Å². The van der Waals surface area contributed by atoms with Gasteiger partial charge in [-0.05, 0) is 18.1 Å². The lowest BCUT2D eigenvalue weighted by Gasteiger charge is -2.26. The molecule has 0 radical (unpaired) electrons. The summed E-state index contributed by atoms with van der Waals surface area (Å²) in [6.07, 6.45) is 2.99. The van der Waals surface area contributed by atoms with Crippen molar-refractivity contribution >= 4 is 23.5 Å². The molecule has 0 rings (SSSR count). The van der Waals surface area contributed by atoms with Crippen LogP contribution in [0.4, 0.5) is 0 Å². The second-order valence-corrected chi connectivity index (χ2v) is 4.30. The molecule has 0 bridgehead atoms. The van der Waals surface area contributed by atoms with Gasteiger partial charge in [0.1, 0.15) is 0 Å². The van der Waals surface area contributed by atoms with Gasteiger partial charge in [-0.2, -0.15) is 5.10 Å². The average molecular weight is 201 g/mol. The first-order chi connectivity index (χ1) is 5.90. The first-order valence-electron chi connectivity index (χ1n) is 4.49. The van der Waals surface area contributed by atoms with Gasteiger partial charge in [-0.1, -0.05) is 34.1 Å². The molecule has 0 saturated carbocycles. The molecule has 1 unspecified atom stereocenters. The Balaban J connectivity index is 4.15. The van der Waals surface area contributed by atoms with Crippen molar-refractivity contribution in [2.24, 2.45) is 22.2 Å². The average Bonchev–Trinajstić information content (AvgIpc) is 2.01. The molecule has 0 aromatic heterocycles. The molecular weight excluding hydrogens is 182 g/mol. The molecule has 3 nitrogen and oxygen atoms in total. The highest BCUT2D eigenvalue weighted by molar-refractivity contribution is 7.80. The van der Waals surface area contributed by atoms with E-state index in [9.17, 15) is 0 Å². The minimum absolute atomic E-state index is 0.0759. The van der Waals surface area contributed by atoms with Crippen LogP contribution in [-0.2, 0) is 0 Å². The van der Waals surface area contributed by atoms with Crippen LogP contribution in [0.2, 0.25) is 0 Å². The number of nitrogens with one attached hydrogen (secondary N) is 1. The lowest BCUT2D eigenvalue weighted by atomic mass is 9.80. The van der Waals surface area contributed by atoms with E-state index in [1.807, 2.05) is 6.21 Å². The van der Waals surface area contributed by atoms with Gasteiger partial charge in [-0.15, -0.1) is 0 Å². The van der Waals surface area contributed by atoms with Crippen LogP contribution in [0.5, 0.6) is 0 Å². The SMILES string of the molecule is CCC(C)C(C)(C)C=NNC(N)=S. The van der Waals surface area contributed by atoms with Crippen molar-refractivity contribution < 1.29 is 0 Å². The number of hydrogen-bond acceptors (Lipinski definition) is 2. The van der Waals surface area contributed by atoms with E-state index in [2.05, 4.69) is 50.4 Å². The monoisotopic (exact) mass is 201 g/mol. The Morgan fingerprint density at radius 2 is 2.23 bits per heavy atom. The first kappa shape index (κ1) is 12.4. The largest absolute Gasteiger partial charge is 0.375 e. The maximum absolute atomic E-state index is 5.24. The quantitative estimate of drug-likeness (QED) is 0.415. The summed E-state index contributed by atoms with van der Waals surface area (Å²) in [6, 6.07) is 0. The summed E-state index contributed by atoms with van der Waals surface area (Å²) < 4.78 is 0. The Kier molecular flexibility index (Phi) is 4.91. The summed E-state index contributed by atoms with van der Waals surface area (Å²) in [6.45, 7) is 8.66. The predicted octanol–water partition coefficient (Wildman–Crippen LogP) is 1.88. The van der Waals surface area contributed by atoms with Crippen LogP contribution < -0.4 is 11.2 Å². The van der Waals surface area contributed by atoms with E-state index >= 15 is 0 Å². The molecule has 76 valence electrons. The van der Waals surface area contributed by atoms with Gasteiger partial charge in [-0.25, -0.2) is 0 Å². The Bertz CT molecular complexity index is 199. The highest BCUT2D eigenvalue weighted by Crippen LogP contribution is 2.26. The minimum Gasteiger partial charge on any atom is -0.375 e. The lowest BCUT2D eigenvalue weighted by Crippen LogP contribution is -2.28. The van der Waals surface area contributed by atoms with Crippen LogP contribution in [0.25, 0.3) is 0 Å². The number of nitrogens with two attached hydrogens (primary N) is 1. The van der Waals surface area contributed by atoms with Gasteiger partial charge in [0.2, 0.25) is 0 Å². The number of hydrogen-bond donors (Lipinski definition) is 2. The maximum Gasteiger partial charge on any atom is 0.184 e. The summed E-state index contributed by atoms with van der Waals surface area (Å²) in [7, 11) is 0. The van der Waals surface area contributed by atoms with Crippen LogP contribution in [0.1, 0.15) is 34.1 Å². The maximum atomic E-state index is 5.24. The Morgan fingerprint density at radius 1 is 1.69 bits per heavy atom. The third-order valence-corrected chi connectivity index (χ3v) is 2.55. The van der Waals surface area contributed by atoms with Crippen LogP contribution in [-0.4, -0.2) is 11.3 Å².